The third kappa shape index (κ3) is 2.53. The van der Waals surface area contributed by atoms with Crippen molar-refractivity contribution in [2.24, 2.45) is 5.92 Å². The summed E-state index contributed by atoms with van der Waals surface area (Å²) in [5, 5.41) is 3.36. The predicted octanol–water partition coefficient (Wildman–Crippen LogP) is 3.25. The Morgan fingerprint density at radius 3 is 2.33 bits per heavy atom. The maximum Gasteiger partial charge on any atom is 0.250 e. The number of benzene rings is 1. The minimum absolute atomic E-state index is 0.311. The number of aryl methyl sites for hydroxylation is 1. The van der Waals surface area contributed by atoms with Crippen molar-refractivity contribution in [3.8, 4) is 11.1 Å². The fourth-order valence-corrected chi connectivity index (χ4v) is 3.24. The smallest absolute Gasteiger partial charge is 0.250 e. The summed E-state index contributed by atoms with van der Waals surface area (Å²) in [4.78, 5) is 23.9. The molecule has 21 heavy (non-hydrogen) atoms. The van der Waals surface area contributed by atoms with E-state index in [2.05, 4.69) is 12.2 Å². The Morgan fingerprint density at radius 1 is 1.00 bits per heavy atom. The van der Waals surface area contributed by atoms with Crippen molar-refractivity contribution < 1.29 is 0 Å². The molecule has 0 aliphatic heterocycles. The lowest BCUT2D eigenvalue weighted by atomic mass is 9.85. The molecule has 1 aliphatic rings. The third-order valence-electron chi connectivity index (χ3n) is 4.69. The Balaban J connectivity index is 1.90. The van der Waals surface area contributed by atoms with Crippen LogP contribution in [0.15, 0.2) is 33.9 Å². The molecule has 0 saturated heterocycles. The van der Waals surface area contributed by atoms with Gasteiger partial charge in [-0.15, -0.1) is 0 Å². The van der Waals surface area contributed by atoms with E-state index in [4.69, 9.17) is 0 Å². The van der Waals surface area contributed by atoms with Crippen LogP contribution in [0.4, 0.5) is 5.69 Å². The molecule has 110 valence electrons. The van der Waals surface area contributed by atoms with Gasteiger partial charge in [-0.05, 0) is 31.2 Å². The monoisotopic (exact) mass is 283 g/mol. The Morgan fingerprint density at radius 2 is 1.67 bits per heavy atom. The average molecular weight is 283 g/mol. The van der Waals surface area contributed by atoms with Crippen molar-refractivity contribution in [1.29, 1.82) is 0 Å². The number of hydrogen-bond donors (Lipinski definition) is 1. The highest BCUT2D eigenvalue weighted by Gasteiger charge is 2.27. The molecule has 1 N–H and O–H groups in total. The molecule has 0 spiro atoms. The van der Waals surface area contributed by atoms with Gasteiger partial charge in [0, 0.05) is 6.04 Å². The molecule has 2 aromatic rings. The summed E-state index contributed by atoms with van der Waals surface area (Å²) in [5.74, 6) is 0.550. The topological polar surface area (TPSA) is 46.2 Å². The lowest BCUT2D eigenvalue weighted by Gasteiger charge is -2.31. The molecule has 2 atom stereocenters. The minimum Gasteiger partial charge on any atom is -0.378 e. The van der Waals surface area contributed by atoms with Crippen LogP contribution in [0, 0.1) is 12.8 Å². The molecule has 0 heterocycles. The molecule has 3 nitrogen and oxygen atoms in total. The lowest BCUT2D eigenvalue weighted by molar-refractivity contribution is 0.349. The Labute approximate surface area is 124 Å². The van der Waals surface area contributed by atoms with Crippen LogP contribution in [0.25, 0.3) is 11.1 Å². The molecule has 2 aromatic carbocycles. The van der Waals surface area contributed by atoms with Crippen LogP contribution >= 0.6 is 0 Å². The molecule has 0 unspecified atom stereocenters. The zero-order valence-electron chi connectivity index (χ0n) is 12.6. The van der Waals surface area contributed by atoms with E-state index in [-0.39, 0.29) is 10.9 Å². The quantitative estimate of drug-likeness (QED) is 0.880. The van der Waals surface area contributed by atoms with E-state index in [1.54, 1.807) is 0 Å². The van der Waals surface area contributed by atoms with E-state index in [1.807, 2.05) is 31.2 Å². The third-order valence-corrected chi connectivity index (χ3v) is 4.69. The van der Waals surface area contributed by atoms with E-state index in [1.165, 1.54) is 19.3 Å². The van der Waals surface area contributed by atoms with Crippen LogP contribution < -0.4 is 16.2 Å². The molecule has 3 heteroatoms. The first-order valence-electron chi connectivity index (χ1n) is 7.75. The Kier molecular flexibility index (Phi) is 3.66. The Bertz CT molecular complexity index is 708. The first kappa shape index (κ1) is 14.1. The van der Waals surface area contributed by atoms with Gasteiger partial charge in [0.2, 0.25) is 10.9 Å². The fourth-order valence-electron chi connectivity index (χ4n) is 3.24. The summed E-state index contributed by atoms with van der Waals surface area (Å²) in [6.07, 6.45) is 4.72. The van der Waals surface area contributed by atoms with Crippen molar-refractivity contribution in [1.82, 2.24) is 0 Å². The minimum atomic E-state index is -0.358. The fraction of sp³-hybridized carbons (Fsp3) is 0.444. The van der Waals surface area contributed by atoms with Gasteiger partial charge < -0.3 is 5.32 Å². The number of nitrogens with one attached hydrogen (secondary N) is 1. The molecule has 0 amide bonds. The van der Waals surface area contributed by atoms with Gasteiger partial charge in [0.1, 0.15) is 0 Å². The molecule has 3 rings (SSSR count). The molecule has 1 fully saturated rings. The molecule has 1 saturated carbocycles. The van der Waals surface area contributed by atoms with Gasteiger partial charge in [-0.1, -0.05) is 49.6 Å². The average Bonchev–Trinajstić information content (AvgIpc) is 2.50. The standard InChI is InChI=1S/C18H21NO2/c1-11-7-9-13(10-8-11)15-16(18(21)17(15)20)19-14-6-4-3-5-12(14)2/h7-10,12,14,19H,3-6H2,1-2H3/t12-,14+/m0/s1. The zero-order valence-corrected chi connectivity index (χ0v) is 12.6. The molecule has 0 aromatic heterocycles. The lowest BCUT2D eigenvalue weighted by Crippen LogP contribution is -2.41. The number of anilines is 1. The van der Waals surface area contributed by atoms with Gasteiger partial charge in [-0.2, -0.15) is 0 Å². The van der Waals surface area contributed by atoms with E-state index in [9.17, 15) is 9.59 Å². The summed E-state index contributed by atoms with van der Waals surface area (Å²) in [7, 11) is 0. The van der Waals surface area contributed by atoms with Gasteiger partial charge in [0.15, 0.2) is 0 Å². The largest absolute Gasteiger partial charge is 0.378 e. The van der Waals surface area contributed by atoms with Crippen LogP contribution in [0.2, 0.25) is 0 Å². The van der Waals surface area contributed by atoms with Crippen molar-refractivity contribution in [2.45, 2.75) is 45.6 Å². The summed E-state index contributed by atoms with van der Waals surface area (Å²) in [6.45, 7) is 4.22. The van der Waals surface area contributed by atoms with Crippen LogP contribution in [-0.2, 0) is 0 Å². The highest BCUT2D eigenvalue weighted by atomic mass is 16.2. The highest BCUT2D eigenvalue weighted by Crippen LogP contribution is 2.30. The summed E-state index contributed by atoms with van der Waals surface area (Å²) < 4.78 is 0. The molecule has 0 radical (unpaired) electrons. The first-order chi connectivity index (χ1) is 10.1. The number of rotatable bonds is 3. The Hall–Kier alpha value is -1.90. The van der Waals surface area contributed by atoms with Crippen molar-refractivity contribution in [3.05, 3.63) is 50.3 Å². The van der Waals surface area contributed by atoms with E-state index in [0.717, 1.165) is 17.5 Å². The van der Waals surface area contributed by atoms with Gasteiger partial charge in [-0.25, -0.2) is 0 Å². The van der Waals surface area contributed by atoms with E-state index < -0.39 is 0 Å². The first-order valence-corrected chi connectivity index (χ1v) is 7.75. The maximum atomic E-state index is 11.9. The summed E-state index contributed by atoms with van der Waals surface area (Å²) >= 11 is 0. The number of hydrogen-bond acceptors (Lipinski definition) is 3. The second-order valence-corrected chi connectivity index (χ2v) is 6.29. The SMILES string of the molecule is Cc1ccc(-c2c(N[C@@H]3CCCC[C@@H]3C)c(=O)c2=O)cc1. The zero-order chi connectivity index (χ0) is 15.0. The molecular formula is C18H21NO2. The van der Waals surface area contributed by atoms with Crippen LogP contribution in [0.1, 0.15) is 38.2 Å². The van der Waals surface area contributed by atoms with Gasteiger partial charge in [0.05, 0.1) is 11.3 Å². The van der Waals surface area contributed by atoms with Crippen LogP contribution in [-0.4, -0.2) is 6.04 Å². The second-order valence-electron chi connectivity index (χ2n) is 6.29. The van der Waals surface area contributed by atoms with Gasteiger partial charge in [0.25, 0.3) is 0 Å². The van der Waals surface area contributed by atoms with Gasteiger partial charge >= 0.3 is 0 Å². The normalized spacial score (nSPS) is 22.4. The van der Waals surface area contributed by atoms with Crippen molar-refractivity contribution in [3.63, 3.8) is 0 Å². The molecule has 1 aliphatic carbocycles. The highest BCUT2D eigenvalue weighted by molar-refractivity contribution is 5.82. The van der Waals surface area contributed by atoms with Crippen LogP contribution in [0.5, 0.6) is 0 Å². The van der Waals surface area contributed by atoms with Crippen LogP contribution in [0.3, 0.4) is 0 Å². The van der Waals surface area contributed by atoms with Crippen molar-refractivity contribution >= 4 is 5.69 Å². The predicted molar refractivity (Wildman–Crippen MR) is 86.6 cm³/mol. The van der Waals surface area contributed by atoms with E-state index in [0.29, 0.717) is 23.2 Å². The molecule has 0 bridgehead atoms. The van der Waals surface area contributed by atoms with E-state index >= 15 is 0 Å². The second kappa shape index (κ2) is 5.47. The summed E-state index contributed by atoms with van der Waals surface area (Å²) in [5.41, 5.74) is 2.37. The maximum absolute atomic E-state index is 11.9. The summed E-state index contributed by atoms with van der Waals surface area (Å²) in [6, 6.07) is 8.09. The van der Waals surface area contributed by atoms with Crippen molar-refractivity contribution in [2.75, 3.05) is 5.32 Å². The molecular weight excluding hydrogens is 262 g/mol. The van der Waals surface area contributed by atoms with Gasteiger partial charge in [-0.3, -0.25) is 9.59 Å².